The molecule has 0 saturated heterocycles. The van der Waals surface area contributed by atoms with Crippen molar-refractivity contribution in [3.63, 3.8) is 0 Å². The van der Waals surface area contributed by atoms with E-state index in [1.807, 2.05) is 6.92 Å². The highest BCUT2D eigenvalue weighted by atomic mass is 15.1. The van der Waals surface area contributed by atoms with Gasteiger partial charge < -0.3 is 10.3 Å². The Hall–Kier alpha value is -0.990. The summed E-state index contributed by atoms with van der Waals surface area (Å²) in [4.78, 5) is 4.52. The van der Waals surface area contributed by atoms with Gasteiger partial charge in [-0.3, -0.25) is 0 Å². The lowest BCUT2D eigenvalue weighted by molar-refractivity contribution is 0.662. The Balaban J connectivity index is 2.54. The Bertz CT molecular complexity index is 302. The lowest BCUT2D eigenvalue weighted by Crippen LogP contribution is -2.03. The maximum Gasteiger partial charge on any atom is 0.126 e. The average Bonchev–Trinajstić information content (AvgIpc) is 2.49. The van der Waals surface area contributed by atoms with E-state index in [1.54, 1.807) is 0 Å². The molecular formula is C12H23N3. The molecule has 86 valence electrons. The van der Waals surface area contributed by atoms with Crippen LogP contribution in [0.2, 0.25) is 0 Å². The van der Waals surface area contributed by atoms with Crippen molar-refractivity contribution in [2.45, 2.75) is 59.4 Å². The average molecular weight is 209 g/mol. The van der Waals surface area contributed by atoms with E-state index in [-0.39, 0.29) is 0 Å². The standard InChI is InChI=1S/C12H23N3/c1-4-6-7-8-9-11-12(13)15(5-2)10(3)14-11/h4-9,13H2,1-3H3. The lowest BCUT2D eigenvalue weighted by atomic mass is 10.1. The number of nitrogens with zero attached hydrogens (tertiary/aromatic N) is 2. The number of nitrogen functional groups attached to an aromatic ring is 1. The van der Waals surface area contributed by atoms with Crippen molar-refractivity contribution in [1.82, 2.24) is 9.55 Å². The van der Waals surface area contributed by atoms with Crippen LogP contribution in [0.4, 0.5) is 5.82 Å². The molecule has 0 radical (unpaired) electrons. The van der Waals surface area contributed by atoms with Gasteiger partial charge in [-0.05, 0) is 26.7 Å². The van der Waals surface area contributed by atoms with Gasteiger partial charge in [0.1, 0.15) is 11.6 Å². The van der Waals surface area contributed by atoms with E-state index in [0.717, 1.165) is 30.3 Å². The molecule has 0 aromatic carbocycles. The highest BCUT2D eigenvalue weighted by Crippen LogP contribution is 2.16. The molecule has 0 spiro atoms. The van der Waals surface area contributed by atoms with Crippen LogP contribution in [0.1, 0.15) is 51.0 Å². The van der Waals surface area contributed by atoms with Crippen molar-refractivity contribution < 1.29 is 0 Å². The summed E-state index contributed by atoms with van der Waals surface area (Å²) >= 11 is 0. The minimum atomic E-state index is 0.867. The molecule has 1 rings (SSSR count). The van der Waals surface area contributed by atoms with Gasteiger partial charge in [-0.25, -0.2) is 4.98 Å². The number of hydrogen-bond donors (Lipinski definition) is 1. The van der Waals surface area contributed by atoms with Gasteiger partial charge in [0.05, 0.1) is 5.69 Å². The molecule has 0 aliphatic heterocycles. The fraction of sp³-hybridized carbons (Fsp3) is 0.750. The Labute approximate surface area is 92.7 Å². The summed E-state index contributed by atoms with van der Waals surface area (Å²) in [5.41, 5.74) is 7.12. The summed E-state index contributed by atoms with van der Waals surface area (Å²) in [6.07, 6.45) is 6.11. The first-order valence-corrected chi connectivity index (χ1v) is 6.02. The van der Waals surface area contributed by atoms with Crippen molar-refractivity contribution in [2.24, 2.45) is 0 Å². The van der Waals surface area contributed by atoms with E-state index in [1.165, 1.54) is 25.7 Å². The van der Waals surface area contributed by atoms with Gasteiger partial charge in [0.25, 0.3) is 0 Å². The van der Waals surface area contributed by atoms with Crippen LogP contribution in [0, 0.1) is 6.92 Å². The molecule has 0 unspecified atom stereocenters. The fourth-order valence-electron chi connectivity index (χ4n) is 1.95. The zero-order chi connectivity index (χ0) is 11.3. The Morgan fingerprint density at radius 3 is 2.47 bits per heavy atom. The van der Waals surface area contributed by atoms with E-state index in [2.05, 4.69) is 23.4 Å². The predicted octanol–water partition coefficient (Wildman–Crippen LogP) is 2.92. The van der Waals surface area contributed by atoms with Crippen LogP contribution >= 0.6 is 0 Å². The van der Waals surface area contributed by atoms with E-state index in [0.29, 0.717) is 0 Å². The molecule has 1 heterocycles. The number of rotatable bonds is 6. The first-order valence-electron chi connectivity index (χ1n) is 6.02. The number of hydrogen-bond acceptors (Lipinski definition) is 2. The highest BCUT2D eigenvalue weighted by Gasteiger charge is 2.09. The van der Waals surface area contributed by atoms with Gasteiger partial charge in [-0.2, -0.15) is 0 Å². The van der Waals surface area contributed by atoms with Crippen LogP contribution < -0.4 is 5.73 Å². The van der Waals surface area contributed by atoms with Crippen LogP contribution in [0.25, 0.3) is 0 Å². The molecule has 0 atom stereocenters. The summed E-state index contributed by atoms with van der Waals surface area (Å²) in [5.74, 6) is 1.91. The highest BCUT2D eigenvalue weighted by molar-refractivity contribution is 5.38. The molecular weight excluding hydrogens is 186 g/mol. The third-order valence-corrected chi connectivity index (χ3v) is 2.86. The van der Waals surface area contributed by atoms with Crippen molar-refractivity contribution in [1.29, 1.82) is 0 Å². The number of unbranched alkanes of at least 4 members (excludes halogenated alkanes) is 3. The molecule has 0 aliphatic rings. The molecule has 0 aliphatic carbocycles. The second-order valence-corrected chi connectivity index (χ2v) is 4.05. The Morgan fingerprint density at radius 1 is 1.20 bits per heavy atom. The number of imidazole rings is 1. The smallest absolute Gasteiger partial charge is 0.126 e. The van der Waals surface area contributed by atoms with Gasteiger partial charge in [-0.15, -0.1) is 0 Å². The largest absolute Gasteiger partial charge is 0.384 e. The topological polar surface area (TPSA) is 43.8 Å². The summed E-state index contributed by atoms with van der Waals surface area (Å²) < 4.78 is 2.08. The SMILES string of the molecule is CCCCCCc1nc(C)n(CC)c1N. The molecule has 15 heavy (non-hydrogen) atoms. The number of aromatic nitrogens is 2. The Kier molecular flexibility index (Phi) is 4.66. The van der Waals surface area contributed by atoms with Gasteiger partial charge in [0, 0.05) is 6.54 Å². The zero-order valence-corrected chi connectivity index (χ0v) is 10.2. The molecule has 3 heteroatoms. The summed E-state index contributed by atoms with van der Waals surface area (Å²) in [6.45, 7) is 7.27. The molecule has 0 saturated carbocycles. The van der Waals surface area contributed by atoms with Gasteiger partial charge in [0.2, 0.25) is 0 Å². The molecule has 2 N–H and O–H groups in total. The Morgan fingerprint density at radius 2 is 1.93 bits per heavy atom. The summed E-state index contributed by atoms with van der Waals surface area (Å²) in [5, 5.41) is 0. The first kappa shape index (κ1) is 12.1. The molecule has 1 aromatic rings. The minimum absolute atomic E-state index is 0.867. The third kappa shape index (κ3) is 2.98. The zero-order valence-electron chi connectivity index (χ0n) is 10.2. The van der Waals surface area contributed by atoms with Crippen LogP contribution in [-0.2, 0) is 13.0 Å². The maximum absolute atomic E-state index is 6.03. The number of nitrogens with two attached hydrogens (primary N) is 1. The molecule has 0 bridgehead atoms. The van der Waals surface area contributed by atoms with E-state index < -0.39 is 0 Å². The van der Waals surface area contributed by atoms with Crippen molar-refractivity contribution >= 4 is 5.82 Å². The third-order valence-electron chi connectivity index (χ3n) is 2.86. The minimum Gasteiger partial charge on any atom is -0.384 e. The molecule has 0 fully saturated rings. The monoisotopic (exact) mass is 209 g/mol. The second kappa shape index (κ2) is 5.79. The summed E-state index contributed by atoms with van der Waals surface area (Å²) in [7, 11) is 0. The van der Waals surface area contributed by atoms with Crippen molar-refractivity contribution in [3.8, 4) is 0 Å². The van der Waals surface area contributed by atoms with Crippen LogP contribution in [0.3, 0.4) is 0 Å². The van der Waals surface area contributed by atoms with E-state index in [9.17, 15) is 0 Å². The maximum atomic E-state index is 6.03. The normalized spacial score (nSPS) is 10.9. The van der Waals surface area contributed by atoms with Gasteiger partial charge in [-0.1, -0.05) is 26.2 Å². The van der Waals surface area contributed by atoms with E-state index in [4.69, 9.17) is 5.73 Å². The first-order chi connectivity index (χ1) is 7.20. The van der Waals surface area contributed by atoms with Gasteiger partial charge >= 0.3 is 0 Å². The number of aryl methyl sites for hydroxylation is 2. The van der Waals surface area contributed by atoms with Gasteiger partial charge in [0.15, 0.2) is 0 Å². The van der Waals surface area contributed by atoms with Crippen LogP contribution in [-0.4, -0.2) is 9.55 Å². The fourth-order valence-corrected chi connectivity index (χ4v) is 1.95. The van der Waals surface area contributed by atoms with Crippen molar-refractivity contribution in [2.75, 3.05) is 5.73 Å². The van der Waals surface area contributed by atoms with Crippen LogP contribution in [0.15, 0.2) is 0 Å². The molecule has 0 amide bonds. The quantitative estimate of drug-likeness (QED) is 0.732. The van der Waals surface area contributed by atoms with Crippen LogP contribution in [0.5, 0.6) is 0 Å². The summed E-state index contributed by atoms with van der Waals surface area (Å²) in [6, 6.07) is 0. The van der Waals surface area contributed by atoms with E-state index >= 15 is 0 Å². The lowest BCUT2D eigenvalue weighted by Gasteiger charge is -2.03. The van der Waals surface area contributed by atoms with Crippen molar-refractivity contribution in [3.05, 3.63) is 11.5 Å². The molecule has 1 aromatic heterocycles. The molecule has 3 nitrogen and oxygen atoms in total. The number of anilines is 1. The predicted molar refractivity (Wildman–Crippen MR) is 64.9 cm³/mol. The second-order valence-electron chi connectivity index (χ2n) is 4.05.